The molecule has 0 radical (unpaired) electrons. The second-order valence-electron chi connectivity index (χ2n) is 6.59. The van der Waals surface area contributed by atoms with Gasteiger partial charge in [-0.1, -0.05) is 26.7 Å². The first kappa shape index (κ1) is 18.3. The van der Waals surface area contributed by atoms with Crippen LogP contribution in [0.4, 0.5) is 0 Å². The number of H-pyrrole nitrogens is 2. The standard InChI is InChI=1S/C22H29N3O/c1-4-7-8-10-16-13-17(24-18(16)5-2)14-21-22(26-6-3)15-20(25-21)19-11-9-12-23-19/h9,11-15,23-24H,4-8,10H2,1-3H3/b21-14-. The van der Waals surface area contributed by atoms with Crippen LogP contribution in [0.1, 0.15) is 62.7 Å². The maximum Gasteiger partial charge on any atom is 0.147 e. The van der Waals surface area contributed by atoms with Gasteiger partial charge in [0.05, 0.1) is 18.0 Å². The molecular weight excluding hydrogens is 322 g/mol. The number of allylic oxidation sites excluding steroid dienone is 1. The first-order valence-corrected chi connectivity index (χ1v) is 9.74. The van der Waals surface area contributed by atoms with Crippen molar-refractivity contribution in [2.45, 2.75) is 52.9 Å². The third kappa shape index (κ3) is 4.18. The minimum atomic E-state index is 0.629. The zero-order valence-corrected chi connectivity index (χ0v) is 16.1. The Morgan fingerprint density at radius 3 is 2.77 bits per heavy atom. The van der Waals surface area contributed by atoms with Crippen LogP contribution < -0.4 is 0 Å². The van der Waals surface area contributed by atoms with Gasteiger partial charge in [-0.3, -0.25) is 0 Å². The third-order valence-electron chi connectivity index (χ3n) is 4.64. The fraction of sp³-hybridized carbons (Fsp3) is 0.409. The van der Waals surface area contributed by atoms with E-state index in [1.807, 2.05) is 31.3 Å². The molecule has 0 aromatic carbocycles. The van der Waals surface area contributed by atoms with Gasteiger partial charge in [0.1, 0.15) is 11.5 Å². The van der Waals surface area contributed by atoms with E-state index in [-0.39, 0.29) is 0 Å². The topological polar surface area (TPSA) is 53.2 Å². The first-order chi connectivity index (χ1) is 12.7. The number of aromatic nitrogens is 2. The summed E-state index contributed by atoms with van der Waals surface area (Å²) >= 11 is 0. The van der Waals surface area contributed by atoms with Crippen LogP contribution in [0.3, 0.4) is 0 Å². The third-order valence-corrected chi connectivity index (χ3v) is 4.64. The predicted octanol–water partition coefficient (Wildman–Crippen LogP) is 5.40. The number of unbranched alkanes of at least 4 members (excludes halogenated alkanes) is 2. The Morgan fingerprint density at radius 2 is 2.08 bits per heavy atom. The fourth-order valence-electron chi connectivity index (χ4n) is 3.31. The summed E-state index contributed by atoms with van der Waals surface area (Å²) in [6, 6.07) is 6.28. The van der Waals surface area contributed by atoms with E-state index >= 15 is 0 Å². The monoisotopic (exact) mass is 351 g/mol. The van der Waals surface area contributed by atoms with Gasteiger partial charge < -0.3 is 14.7 Å². The zero-order chi connectivity index (χ0) is 18.4. The van der Waals surface area contributed by atoms with E-state index in [2.05, 4.69) is 36.0 Å². The molecule has 4 nitrogen and oxygen atoms in total. The van der Waals surface area contributed by atoms with Gasteiger partial charge in [0, 0.05) is 23.7 Å². The average Bonchev–Trinajstić information content (AvgIpc) is 3.36. The van der Waals surface area contributed by atoms with Gasteiger partial charge in [-0.05, 0) is 56.0 Å². The summed E-state index contributed by atoms with van der Waals surface area (Å²) in [5.41, 5.74) is 6.66. The summed E-state index contributed by atoms with van der Waals surface area (Å²) < 4.78 is 5.81. The lowest BCUT2D eigenvalue weighted by Gasteiger charge is -2.03. The Balaban J connectivity index is 1.86. The van der Waals surface area contributed by atoms with E-state index in [1.165, 1.54) is 30.5 Å². The van der Waals surface area contributed by atoms with Gasteiger partial charge >= 0.3 is 0 Å². The number of aryl methyl sites for hydroxylation is 2. The van der Waals surface area contributed by atoms with Crippen LogP contribution in [-0.2, 0) is 17.6 Å². The molecule has 0 atom stereocenters. The molecule has 1 aliphatic rings. The molecule has 2 aromatic heterocycles. The van der Waals surface area contributed by atoms with Crippen molar-refractivity contribution in [3.8, 4) is 0 Å². The van der Waals surface area contributed by atoms with Gasteiger partial charge in [0.2, 0.25) is 0 Å². The number of rotatable bonds is 9. The van der Waals surface area contributed by atoms with E-state index in [0.717, 1.165) is 41.4 Å². The van der Waals surface area contributed by atoms with E-state index < -0.39 is 0 Å². The first-order valence-electron chi connectivity index (χ1n) is 9.74. The lowest BCUT2D eigenvalue weighted by atomic mass is 10.1. The molecule has 3 rings (SSSR count). The summed E-state index contributed by atoms with van der Waals surface area (Å²) in [6.45, 7) is 7.08. The van der Waals surface area contributed by atoms with Gasteiger partial charge in [0.25, 0.3) is 0 Å². The highest BCUT2D eigenvalue weighted by atomic mass is 16.5. The number of aliphatic imine (C=N–C) groups is 1. The van der Waals surface area contributed by atoms with Crippen LogP contribution in [0.2, 0.25) is 0 Å². The Morgan fingerprint density at radius 1 is 1.19 bits per heavy atom. The van der Waals surface area contributed by atoms with Crippen molar-refractivity contribution >= 4 is 11.8 Å². The Labute approximate surface area is 156 Å². The van der Waals surface area contributed by atoms with Crippen LogP contribution in [0.5, 0.6) is 0 Å². The summed E-state index contributed by atoms with van der Waals surface area (Å²) in [6.07, 6.45) is 12.0. The number of hydrogen-bond donors (Lipinski definition) is 2. The van der Waals surface area contributed by atoms with Gasteiger partial charge in [0.15, 0.2) is 0 Å². The number of aromatic amines is 2. The molecule has 0 bridgehead atoms. The number of nitrogens with one attached hydrogen (secondary N) is 2. The minimum absolute atomic E-state index is 0.629. The molecule has 0 spiro atoms. The van der Waals surface area contributed by atoms with Crippen LogP contribution in [-0.4, -0.2) is 22.3 Å². The van der Waals surface area contributed by atoms with Gasteiger partial charge in [-0.25, -0.2) is 4.99 Å². The molecule has 138 valence electrons. The van der Waals surface area contributed by atoms with Gasteiger partial charge in [-0.15, -0.1) is 0 Å². The van der Waals surface area contributed by atoms with E-state index in [0.29, 0.717) is 6.61 Å². The molecule has 4 heteroatoms. The second kappa shape index (κ2) is 8.75. The molecule has 0 unspecified atom stereocenters. The van der Waals surface area contributed by atoms with Crippen molar-refractivity contribution in [1.82, 2.24) is 9.97 Å². The van der Waals surface area contributed by atoms with Crippen molar-refractivity contribution in [2.24, 2.45) is 4.99 Å². The normalized spacial score (nSPS) is 15.4. The Kier molecular flexibility index (Phi) is 6.16. The number of ether oxygens (including phenoxy) is 1. The molecule has 26 heavy (non-hydrogen) atoms. The average molecular weight is 351 g/mol. The molecular formula is C22H29N3O. The van der Waals surface area contributed by atoms with Crippen LogP contribution >= 0.6 is 0 Å². The Bertz CT molecular complexity index is 807. The van der Waals surface area contributed by atoms with Crippen molar-refractivity contribution in [3.63, 3.8) is 0 Å². The summed E-state index contributed by atoms with van der Waals surface area (Å²) in [7, 11) is 0. The molecule has 0 aliphatic carbocycles. The highest BCUT2D eigenvalue weighted by Crippen LogP contribution is 2.26. The highest BCUT2D eigenvalue weighted by Gasteiger charge is 2.18. The molecule has 0 saturated carbocycles. The second-order valence-corrected chi connectivity index (χ2v) is 6.59. The van der Waals surface area contributed by atoms with E-state index in [1.54, 1.807) is 0 Å². The number of nitrogens with zero attached hydrogens (tertiary/aromatic N) is 1. The highest BCUT2D eigenvalue weighted by molar-refractivity contribution is 6.11. The quantitative estimate of drug-likeness (QED) is 0.584. The van der Waals surface area contributed by atoms with Crippen LogP contribution in [0, 0.1) is 0 Å². The number of hydrogen-bond acceptors (Lipinski definition) is 2. The summed E-state index contributed by atoms with van der Waals surface area (Å²) in [5, 5.41) is 0. The lowest BCUT2D eigenvalue weighted by molar-refractivity contribution is 0.239. The summed E-state index contributed by atoms with van der Waals surface area (Å²) in [4.78, 5) is 11.5. The van der Waals surface area contributed by atoms with Crippen molar-refractivity contribution in [2.75, 3.05) is 6.61 Å². The van der Waals surface area contributed by atoms with Crippen LogP contribution in [0.15, 0.2) is 46.9 Å². The fourth-order valence-corrected chi connectivity index (χ4v) is 3.31. The molecule has 2 aromatic rings. The molecule has 3 heterocycles. The largest absolute Gasteiger partial charge is 0.492 e. The molecule has 0 fully saturated rings. The van der Waals surface area contributed by atoms with Crippen molar-refractivity contribution < 1.29 is 4.74 Å². The van der Waals surface area contributed by atoms with E-state index in [9.17, 15) is 0 Å². The smallest absolute Gasteiger partial charge is 0.147 e. The Hall–Kier alpha value is -2.49. The summed E-state index contributed by atoms with van der Waals surface area (Å²) in [5.74, 6) is 0.831. The molecule has 0 saturated heterocycles. The lowest BCUT2D eigenvalue weighted by Crippen LogP contribution is -1.94. The van der Waals surface area contributed by atoms with Crippen molar-refractivity contribution in [1.29, 1.82) is 0 Å². The van der Waals surface area contributed by atoms with Gasteiger partial charge in [-0.2, -0.15) is 0 Å². The molecule has 0 amide bonds. The predicted molar refractivity (Wildman–Crippen MR) is 108 cm³/mol. The SMILES string of the molecule is CCCCCc1cc(/C=C2\N=C(c3ccc[nH]3)C=C2OCC)[nH]c1CC. The molecule has 2 N–H and O–H groups in total. The van der Waals surface area contributed by atoms with Crippen LogP contribution in [0.25, 0.3) is 6.08 Å². The van der Waals surface area contributed by atoms with Crippen molar-refractivity contribution in [3.05, 3.63) is 64.6 Å². The maximum atomic E-state index is 5.81. The zero-order valence-electron chi connectivity index (χ0n) is 16.1. The molecule has 1 aliphatic heterocycles. The van der Waals surface area contributed by atoms with E-state index in [4.69, 9.17) is 9.73 Å². The maximum absolute atomic E-state index is 5.81. The minimum Gasteiger partial charge on any atom is -0.492 e.